The Balaban J connectivity index is 1.40. The number of Topliss-reactive ketones (excluding diaryl/α,β-unsaturated/α-hetero) is 1. The highest BCUT2D eigenvalue weighted by molar-refractivity contribution is 7.99. The number of carbonyl (C=O) groups excluding carboxylic acids is 1. The molecule has 36 heavy (non-hydrogen) atoms. The topological polar surface area (TPSA) is 141 Å². The van der Waals surface area contributed by atoms with Crippen molar-refractivity contribution < 1.29 is 23.4 Å². The minimum Gasteiger partial charge on any atom is -0.394 e. The van der Waals surface area contributed by atoms with E-state index in [4.69, 9.17) is 15.6 Å². The SMILES string of the molecule is CCCSc1nc(NC2CC2C2C=C(F)C(F)=CC2)c2nnn(C3CC(OCCO)C(=O)C3N)c2n1. The monoisotopic (exact) mass is 521 g/mol. The van der Waals surface area contributed by atoms with E-state index in [0.717, 1.165) is 18.6 Å². The van der Waals surface area contributed by atoms with Crippen LogP contribution >= 0.6 is 11.8 Å². The van der Waals surface area contributed by atoms with E-state index in [2.05, 4.69) is 32.5 Å². The maximum Gasteiger partial charge on any atom is 0.191 e. The zero-order valence-electron chi connectivity index (χ0n) is 19.8. The lowest BCUT2D eigenvalue weighted by Crippen LogP contribution is -2.36. The standard InChI is InChI=1S/C23H29F2N7O3S/c1-2-7-36-23-28-21(27-15-9-12(15)11-3-4-13(24)14(25)8-11)19-22(29-23)32(31-30-19)16-10-17(35-6-5-33)20(34)18(16)26/h4,8,11-12,15-18,33H,2-3,5-7,9-10,26H2,1H3,(H,27,28,29). The first kappa shape index (κ1) is 25.2. The summed E-state index contributed by atoms with van der Waals surface area (Å²) in [7, 11) is 0. The summed E-state index contributed by atoms with van der Waals surface area (Å²) in [6.07, 6.45) is 4.44. The van der Waals surface area contributed by atoms with Crippen LogP contribution in [0.25, 0.3) is 11.2 Å². The van der Waals surface area contributed by atoms with Crippen LogP contribution in [0.2, 0.25) is 0 Å². The number of ketones is 1. The molecule has 0 aromatic carbocycles. The fourth-order valence-corrected chi connectivity index (χ4v) is 5.57. The van der Waals surface area contributed by atoms with Crippen molar-refractivity contribution in [3.8, 4) is 0 Å². The number of fused-ring (bicyclic) bond motifs is 1. The number of ether oxygens (including phenoxy) is 1. The molecule has 2 aromatic rings. The van der Waals surface area contributed by atoms with Crippen LogP contribution in [0.1, 0.15) is 38.6 Å². The zero-order chi connectivity index (χ0) is 25.4. The van der Waals surface area contributed by atoms with Crippen LogP contribution in [-0.2, 0) is 9.53 Å². The van der Waals surface area contributed by atoms with Crippen molar-refractivity contribution in [3.05, 3.63) is 23.8 Å². The molecule has 0 spiro atoms. The van der Waals surface area contributed by atoms with Gasteiger partial charge in [-0.3, -0.25) is 4.79 Å². The first-order valence-corrected chi connectivity index (χ1v) is 13.2. The number of hydrogen-bond donors (Lipinski definition) is 3. The van der Waals surface area contributed by atoms with Gasteiger partial charge in [0.15, 0.2) is 39.6 Å². The summed E-state index contributed by atoms with van der Waals surface area (Å²) < 4.78 is 34.2. The predicted octanol–water partition coefficient (Wildman–Crippen LogP) is 2.47. The van der Waals surface area contributed by atoms with Crippen molar-refractivity contribution in [1.82, 2.24) is 25.0 Å². The number of thioether (sulfide) groups is 1. The van der Waals surface area contributed by atoms with Gasteiger partial charge in [-0.1, -0.05) is 23.9 Å². The number of nitrogens with two attached hydrogens (primary N) is 1. The van der Waals surface area contributed by atoms with Crippen LogP contribution in [0, 0.1) is 11.8 Å². The third-order valence-corrected chi connectivity index (χ3v) is 7.90. The van der Waals surface area contributed by atoms with Gasteiger partial charge in [0.05, 0.1) is 25.3 Å². The van der Waals surface area contributed by atoms with E-state index in [-0.39, 0.29) is 36.9 Å². The molecule has 2 heterocycles. The minimum atomic E-state index is -0.842. The van der Waals surface area contributed by atoms with Gasteiger partial charge in [-0.25, -0.2) is 23.4 Å². The number of anilines is 1. The Labute approximate surface area is 210 Å². The van der Waals surface area contributed by atoms with E-state index in [1.165, 1.54) is 23.9 Å². The summed E-state index contributed by atoms with van der Waals surface area (Å²) in [4.78, 5) is 22.0. The number of allylic oxidation sites excluding steroid dienone is 4. The first-order chi connectivity index (χ1) is 17.4. The quantitative estimate of drug-likeness (QED) is 0.315. The summed E-state index contributed by atoms with van der Waals surface area (Å²) in [5.74, 6) is -0.433. The molecule has 0 bridgehead atoms. The molecule has 3 aliphatic carbocycles. The lowest BCUT2D eigenvalue weighted by atomic mass is 9.94. The molecule has 194 valence electrons. The van der Waals surface area contributed by atoms with Gasteiger partial charge >= 0.3 is 0 Å². The molecule has 13 heteroatoms. The third-order valence-electron chi connectivity index (χ3n) is 6.85. The van der Waals surface area contributed by atoms with Gasteiger partial charge < -0.3 is 20.9 Å². The van der Waals surface area contributed by atoms with Gasteiger partial charge in [-0.05, 0) is 43.3 Å². The molecule has 10 nitrogen and oxygen atoms in total. The van der Waals surface area contributed by atoms with E-state index in [1.54, 1.807) is 4.68 Å². The fourth-order valence-electron chi connectivity index (χ4n) is 4.88. The van der Waals surface area contributed by atoms with Crippen molar-refractivity contribution in [2.24, 2.45) is 17.6 Å². The number of carbonyl (C=O) groups is 1. The molecule has 3 aliphatic rings. The van der Waals surface area contributed by atoms with Gasteiger partial charge in [0.25, 0.3) is 0 Å². The maximum absolute atomic E-state index is 13.8. The van der Waals surface area contributed by atoms with Gasteiger partial charge in [-0.2, -0.15) is 0 Å². The van der Waals surface area contributed by atoms with Crippen LogP contribution in [0.3, 0.4) is 0 Å². The summed E-state index contributed by atoms with van der Waals surface area (Å²) in [5.41, 5.74) is 7.14. The number of nitrogens with one attached hydrogen (secondary N) is 1. The summed E-state index contributed by atoms with van der Waals surface area (Å²) in [6, 6.07) is -1.30. The number of nitrogens with zero attached hydrogens (tertiary/aromatic N) is 5. The fraction of sp³-hybridized carbons (Fsp3) is 0.609. The highest BCUT2D eigenvalue weighted by atomic mass is 32.2. The Bertz CT molecular complexity index is 1210. The molecule has 0 saturated heterocycles. The van der Waals surface area contributed by atoms with E-state index in [0.29, 0.717) is 35.0 Å². The molecule has 2 saturated carbocycles. The van der Waals surface area contributed by atoms with Crippen molar-refractivity contribution in [1.29, 1.82) is 0 Å². The molecule has 0 aliphatic heterocycles. The third kappa shape index (κ3) is 4.89. The van der Waals surface area contributed by atoms with Crippen molar-refractivity contribution in [2.75, 3.05) is 24.3 Å². The molecule has 2 fully saturated rings. The number of aliphatic hydroxyl groups is 1. The second kappa shape index (κ2) is 10.5. The average molecular weight is 522 g/mol. The minimum absolute atomic E-state index is 0.0347. The van der Waals surface area contributed by atoms with Crippen LogP contribution in [0.5, 0.6) is 0 Å². The van der Waals surface area contributed by atoms with Gasteiger partial charge in [-0.15, -0.1) is 5.10 Å². The molecule has 6 unspecified atom stereocenters. The zero-order valence-corrected chi connectivity index (χ0v) is 20.6. The summed E-state index contributed by atoms with van der Waals surface area (Å²) in [5, 5.41) is 21.6. The molecule has 5 rings (SSSR count). The molecular formula is C23H29F2N7O3S. The van der Waals surface area contributed by atoms with Crippen LogP contribution < -0.4 is 11.1 Å². The predicted molar refractivity (Wildman–Crippen MR) is 130 cm³/mol. The van der Waals surface area contributed by atoms with Crippen molar-refractivity contribution in [2.45, 2.75) is 62.0 Å². The van der Waals surface area contributed by atoms with Crippen molar-refractivity contribution >= 4 is 34.5 Å². The number of aromatic nitrogens is 5. The van der Waals surface area contributed by atoms with Gasteiger partial charge in [0.1, 0.15) is 6.10 Å². The van der Waals surface area contributed by atoms with Gasteiger partial charge in [0, 0.05) is 18.2 Å². The van der Waals surface area contributed by atoms with E-state index < -0.39 is 29.8 Å². The van der Waals surface area contributed by atoms with E-state index in [9.17, 15) is 13.6 Å². The number of rotatable bonds is 10. The molecule has 6 atom stereocenters. The number of hydrogen-bond acceptors (Lipinski definition) is 10. The first-order valence-electron chi connectivity index (χ1n) is 12.2. The smallest absolute Gasteiger partial charge is 0.191 e. The Morgan fingerprint density at radius 1 is 1.31 bits per heavy atom. The Morgan fingerprint density at radius 3 is 2.89 bits per heavy atom. The maximum atomic E-state index is 13.8. The van der Waals surface area contributed by atoms with Crippen molar-refractivity contribution in [3.63, 3.8) is 0 Å². The lowest BCUT2D eigenvalue weighted by molar-refractivity contribution is -0.128. The van der Waals surface area contributed by atoms with Crippen LogP contribution in [0.4, 0.5) is 14.6 Å². The number of aliphatic hydroxyl groups excluding tert-OH is 1. The Morgan fingerprint density at radius 2 is 2.14 bits per heavy atom. The molecule has 0 amide bonds. The Kier molecular flexibility index (Phi) is 7.33. The Hall–Kier alpha value is -2.48. The molecule has 2 aromatic heterocycles. The van der Waals surface area contributed by atoms with E-state index in [1.807, 2.05) is 0 Å². The highest BCUT2D eigenvalue weighted by Crippen LogP contribution is 2.45. The van der Waals surface area contributed by atoms with Crippen LogP contribution in [0.15, 0.2) is 29.0 Å². The second-order valence-corrected chi connectivity index (χ2v) is 10.4. The lowest BCUT2D eigenvalue weighted by Gasteiger charge is -2.16. The largest absolute Gasteiger partial charge is 0.394 e. The normalized spacial score (nSPS) is 30.0. The summed E-state index contributed by atoms with van der Waals surface area (Å²) >= 11 is 1.50. The average Bonchev–Trinajstić information content (AvgIpc) is 3.41. The van der Waals surface area contributed by atoms with E-state index >= 15 is 0 Å². The van der Waals surface area contributed by atoms with Crippen LogP contribution in [-0.4, -0.2) is 73.0 Å². The van der Waals surface area contributed by atoms with Gasteiger partial charge in [0.2, 0.25) is 0 Å². The molecule has 0 radical (unpaired) electrons. The summed E-state index contributed by atoms with van der Waals surface area (Å²) in [6.45, 7) is 1.93. The number of halogens is 2. The molecular weight excluding hydrogens is 492 g/mol. The highest BCUT2D eigenvalue weighted by Gasteiger charge is 2.45. The molecule has 4 N–H and O–H groups in total. The second-order valence-electron chi connectivity index (χ2n) is 9.34.